The molecule has 6 nitrogen and oxygen atoms in total. The third-order valence-corrected chi connectivity index (χ3v) is 7.37. The molecule has 2 fully saturated rings. The van der Waals surface area contributed by atoms with Crippen LogP contribution in [0.3, 0.4) is 0 Å². The number of likely N-dealkylation sites (N-methyl/N-ethyl adjacent to an activating group) is 2. The fraction of sp³-hybridized carbons (Fsp3) is 0.556. The van der Waals surface area contributed by atoms with E-state index in [0.29, 0.717) is 0 Å². The number of fused-ring (bicyclic) bond motifs is 3. The minimum Gasteiger partial charge on any atom is -0.492 e. The molecule has 0 bridgehead atoms. The summed E-state index contributed by atoms with van der Waals surface area (Å²) in [5.74, 6) is 1.97. The predicted octanol–water partition coefficient (Wildman–Crippen LogP) is 2.51. The topological polar surface area (TPSA) is 31.4 Å². The third-order valence-electron chi connectivity index (χ3n) is 7.37. The molecule has 0 unspecified atom stereocenters. The average molecular weight is 451 g/mol. The van der Waals surface area contributed by atoms with E-state index in [1.54, 1.807) is 0 Å². The van der Waals surface area contributed by atoms with Crippen LogP contribution in [0.1, 0.15) is 11.1 Å². The zero-order valence-electron chi connectivity index (χ0n) is 20.3. The van der Waals surface area contributed by atoms with Crippen LogP contribution < -0.4 is 9.47 Å². The van der Waals surface area contributed by atoms with Crippen molar-refractivity contribution in [1.29, 1.82) is 0 Å². The summed E-state index contributed by atoms with van der Waals surface area (Å²) in [5, 5.41) is 0. The van der Waals surface area contributed by atoms with E-state index >= 15 is 0 Å². The second kappa shape index (κ2) is 10.4. The number of rotatable bonds is 8. The Morgan fingerprint density at radius 1 is 0.606 bits per heavy atom. The first kappa shape index (κ1) is 22.7. The SMILES string of the molecule is CN1CCN(CCOc2ccc3c(c2)Cc2cc(OCCN4CCN(C)CC4)ccc2-3)CC1. The molecule has 6 heteroatoms. The Balaban J connectivity index is 1.11. The molecule has 0 amide bonds. The highest BCUT2D eigenvalue weighted by Crippen LogP contribution is 2.39. The van der Waals surface area contributed by atoms with E-state index in [0.717, 1.165) is 96.6 Å². The van der Waals surface area contributed by atoms with Crippen molar-refractivity contribution in [2.45, 2.75) is 6.42 Å². The molecular weight excluding hydrogens is 412 g/mol. The summed E-state index contributed by atoms with van der Waals surface area (Å²) >= 11 is 0. The van der Waals surface area contributed by atoms with Gasteiger partial charge in [0.1, 0.15) is 24.7 Å². The minimum absolute atomic E-state index is 0.751. The van der Waals surface area contributed by atoms with Crippen LogP contribution >= 0.6 is 0 Å². The molecule has 1 aliphatic carbocycles. The number of hydrogen-bond acceptors (Lipinski definition) is 6. The van der Waals surface area contributed by atoms with Gasteiger partial charge in [-0.1, -0.05) is 12.1 Å². The smallest absolute Gasteiger partial charge is 0.119 e. The van der Waals surface area contributed by atoms with Crippen LogP contribution in [0.4, 0.5) is 0 Å². The zero-order chi connectivity index (χ0) is 22.6. The van der Waals surface area contributed by atoms with Gasteiger partial charge in [0.2, 0.25) is 0 Å². The van der Waals surface area contributed by atoms with E-state index in [2.05, 4.69) is 70.1 Å². The Morgan fingerprint density at radius 3 is 1.45 bits per heavy atom. The van der Waals surface area contributed by atoms with Crippen molar-refractivity contribution in [3.05, 3.63) is 47.5 Å². The highest BCUT2D eigenvalue weighted by molar-refractivity contribution is 5.78. The summed E-state index contributed by atoms with van der Waals surface area (Å²) in [4.78, 5) is 9.77. The lowest BCUT2D eigenvalue weighted by atomic mass is 10.1. The van der Waals surface area contributed by atoms with Crippen molar-refractivity contribution < 1.29 is 9.47 Å². The highest BCUT2D eigenvalue weighted by Gasteiger charge is 2.20. The molecular formula is C27H38N4O2. The van der Waals surface area contributed by atoms with Crippen LogP contribution in [0.2, 0.25) is 0 Å². The van der Waals surface area contributed by atoms with Crippen LogP contribution in [-0.2, 0) is 6.42 Å². The van der Waals surface area contributed by atoms with E-state index in [9.17, 15) is 0 Å². The van der Waals surface area contributed by atoms with Crippen LogP contribution in [0.15, 0.2) is 36.4 Å². The van der Waals surface area contributed by atoms with Gasteiger partial charge in [0.25, 0.3) is 0 Å². The summed E-state index contributed by atoms with van der Waals surface area (Å²) in [5.41, 5.74) is 5.38. The Hall–Kier alpha value is -2.12. The van der Waals surface area contributed by atoms with E-state index < -0.39 is 0 Å². The number of hydrogen-bond donors (Lipinski definition) is 0. The van der Waals surface area contributed by atoms with Gasteiger partial charge in [-0.2, -0.15) is 0 Å². The number of nitrogens with zero attached hydrogens (tertiary/aromatic N) is 4. The van der Waals surface area contributed by atoms with E-state index in [1.165, 1.54) is 22.3 Å². The molecule has 33 heavy (non-hydrogen) atoms. The zero-order valence-corrected chi connectivity index (χ0v) is 20.3. The first-order valence-electron chi connectivity index (χ1n) is 12.5. The van der Waals surface area contributed by atoms with Crippen molar-refractivity contribution in [3.8, 4) is 22.6 Å². The van der Waals surface area contributed by atoms with Crippen LogP contribution in [0.5, 0.6) is 11.5 Å². The van der Waals surface area contributed by atoms with Crippen molar-refractivity contribution in [3.63, 3.8) is 0 Å². The standard InChI is InChI=1S/C27H38N4O2/c1-28-7-11-30(12-8-28)15-17-32-24-3-5-26-22(20-24)19-23-21-25(4-6-27(23)26)33-18-16-31-13-9-29(2)10-14-31/h3-6,20-21H,7-19H2,1-2H3. The third kappa shape index (κ3) is 5.69. The monoisotopic (exact) mass is 450 g/mol. The molecule has 5 rings (SSSR count). The number of benzene rings is 2. The molecule has 0 aromatic heterocycles. The molecule has 0 radical (unpaired) electrons. The molecule has 2 saturated heterocycles. The Kier molecular flexibility index (Phi) is 7.16. The molecule has 0 saturated carbocycles. The summed E-state index contributed by atoms with van der Waals surface area (Å²) in [6, 6.07) is 13.2. The molecule has 3 aliphatic rings. The van der Waals surface area contributed by atoms with Gasteiger partial charge < -0.3 is 19.3 Å². The van der Waals surface area contributed by atoms with Crippen LogP contribution in [-0.4, -0.2) is 112 Å². The quantitative estimate of drug-likeness (QED) is 0.524. The van der Waals surface area contributed by atoms with Gasteiger partial charge in [-0.25, -0.2) is 0 Å². The van der Waals surface area contributed by atoms with Gasteiger partial charge in [0.05, 0.1) is 0 Å². The summed E-state index contributed by atoms with van der Waals surface area (Å²) < 4.78 is 12.2. The Labute approximate surface area is 198 Å². The molecule has 0 N–H and O–H groups in total. The molecule has 2 aromatic rings. The van der Waals surface area contributed by atoms with Crippen LogP contribution in [0, 0.1) is 0 Å². The molecule has 0 spiro atoms. The van der Waals surface area contributed by atoms with E-state index in [4.69, 9.17) is 9.47 Å². The average Bonchev–Trinajstić information content (AvgIpc) is 3.18. The Bertz CT molecular complexity index is 858. The van der Waals surface area contributed by atoms with Gasteiger partial charge in [0.15, 0.2) is 0 Å². The van der Waals surface area contributed by atoms with Gasteiger partial charge in [-0.15, -0.1) is 0 Å². The molecule has 2 aliphatic heterocycles. The van der Waals surface area contributed by atoms with Gasteiger partial charge in [0, 0.05) is 65.4 Å². The minimum atomic E-state index is 0.751. The van der Waals surface area contributed by atoms with Crippen molar-refractivity contribution in [2.24, 2.45) is 0 Å². The lowest BCUT2D eigenvalue weighted by molar-refractivity contribution is 0.133. The molecule has 0 atom stereocenters. The summed E-state index contributed by atoms with van der Waals surface area (Å²) in [6.07, 6.45) is 0.954. The van der Waals surface area contributed by atoms with E-state index in [-0.39, 0.29) is 0 Å². The number of piperazine rings is 2. The van der Waals surface area contributed by atoms with Gasteiger partial charge in [-0.05, 0) is 67.0 Å². The first-order valence-corrected chi connectivity index (χ1v) is 12.5. The largest absolute Gasteiger partial charge is 0.492 e. The normalized spacial score (nSPS) is 19.9. The van der Waals surface area contributed by atoms with E-state index in [1.807, 2.05) is 0 Å². The molecule has 2 aromatic carbocycles. The second-order valence-corrected chi connectivity index (χ2v) is 9.80. The first-order chi connectivity index (χ1) is 16.1. The van der Waals surface area contributed by atoms with Crippen molar-refractivity contribution >= 4 is 0 Å². The Morgan fingerprint density at radius 2 is 1.03 bits per heavy atom. The number of ether oxygens (including phenoxy) is 2. The maximum absolute atomic E-state index is 6.11. The fourth-order valence-electron chi connectivity index (χ4n) is 5.07. The second-order valence-electron chi connectivity index (χ2n) is 9.80. The maximum atomic E-state index is 6.11. The summed E-state index contributed by atoms with van der Waals surface area (Å²) in [7, 11) is 4.39. The van der Waals surface area contributed by atoms with Crippen LogP contribution in [0.25, 0.3) is 11.1 Å². The van der Waals surface area contributed by atoms with Gasteiger partial charge in [-0.3, -0.25) is 9.80 Å². The molecule has 2 heterocycles. The van der Waals surface area contributed by atoms with Gasteiger partial charge >= 0.3 is 0 Å². The highest BCUT2D eigenvalue weighted by atomic mass is 16.5. The summed E-state index contributed by atoms with van der Waals surface area (Å²) in [6.45, 7) is 12.7. The molecule has 178 valence electrons. The predicted molar refractivity (Wildman–Crippen MR) is 134 cm³/mol. The van der Waals surface area contributed by atoms with Crippen molar-refractivity contribution in [1.82, 2.24) is 19.6 Å². The maximum Gasteiger partial charge on any atom is 0.119 e. The lowest BCUT2D eigenvalue weighted by Gasteiger charge is -2.32. The van der Waals surface area contributed by atoms with Crippen molar-refractivity contribution in [2.75, 3.05) is 92.8 Å². The lowest BCUT2D eigenvalue weighted by Crippen LogP contribution is -2.45. The fourth-order valence-corrected chi connectivity index (χ4v) is 5.07.